The zero-order valence-electron chi connectivity index (χ0n) is 12.0. The first-order valence-electron chi connectivity index (χ1n) is 6.68. The second-order valence-corrected chi connectivity index (χ2v) is 6.62. The molecular formula is C13H19N5O2S. The second-order valence-electron chi connectivity index (χ2n) is 4.91. The zero-order valence-corrected chi connectivity index (χ0v) is 12.8. The zero-order chi connectivity index (χ0) is 15.3. The number of H-pyrrole nitrogens is 1. The van der Waals surface area contributed by atoms with Crippen molar-refractivity contribution in [2.75, 3.05) is 11.9 Å². The maximum absolute atomic E-state index is 12.0. The van der Waals surface area contributed by atoms with Crippen LogP contribution in [-0.2, 0) is 16.4 Å². The van der Waals surface area contributed by atoms with E-state index in [9.17, 15) is 8.42 Å². The summed E-state index contributed by atoms with van der Waals surface area (Å²) >= 11 is 0. The summed E-state index contributed by atoms with van der Waals surface area (Å²) in [5.41, 5.74) is 0.859. The van der Waals surface area contributed by atoms with E-state index in [1.54, 1.807) is 38.1 Å². The number of benzene rings is 1. The average Bonchev–Trinajstić information content (AvgIpc) is 2.91. The van der Waals surface area contributed by atoms with Gasteiger partial charge in [0.05, 0.1) is 4.90 Å². The number of hydrogen-bond acceptors (Lipinski definition) is 5. The monoisotopic (exact) mass is 309 g/mol. The molecule has 0 saturated heterocycles. The molecule has 0 unspecified atom stereocenters. The lowest BCUT2D eigenvalue weighted by atomic mass is 10.3. The van der Waals surface area contributed by atoms with Crippen LogP contribution in [0.15, 0.2) is 35.5 Å². The fraction of sp³-hybridized carbons (Fsp3) is 0.385. The molecule has 1 aromatic heterocycles. The van der Waals surface area contributed by atoms with Crippen LogP contribution in [-0.4, -0.2) is 36.2 Å². The highest BCUT2D eigenvalue weighted by Crippen LogP contribution is 2.14. The lowest BCUT2D eigenvalue weighted by Crippen LogP contribution is -2.30. The van der Waals surface area contributed by atoms with Gasteiger partial charge in [-0.15, -0.1) is 0 Å². The Balaban J connectivity index is 1.92. The third kappa shape index (κ3) is 4.54. The number of sulfonamides is 1. The summed E-state index contributed by atoms with van der Waals surface area (Å²) < 4.78 is 26.5. The van der Waals surface area contributed by atoms with Gasteiger partial charge < -0.3 is 5.32 Å². The minimum absolute atomic E-state index is 0.130. The Labute approximate surface area is 124 Å². The Morgan fingerprint density at radius 1 is 1.24 bits per heavy atom. The normalized spacial score (nSPS) is 11.8. The largest absolute Gasteiger partial charge is 0.385 e. The number of hydrogen-bond donors (Lipinski definition) is 3. The van der Waals surface area contributed by atoms with Crippen LogP contribution in [0.1, 0.15) is 19.7 Å². The van der Waals surface area contributed by atoms with E-state index in [0.717, 1.165) is 17.9 Å². The van der Waals surface area contributed by atoms with Crippen molar-refractivity contribution < 1.29 is 8.42 Å². The molecule has 2 aromatic rings. The maximum atomic E-state index is 12.0. The van der Waals surface area contributed by atoms with E-state index >= 15 is 0 Å². The van der Waals surface area contributed by atoms with Crippen molar-refractivity contribution in [2.24, 2.45) is 0 Å². The molecule has 0 fully saturated rings. The van der Waals surface area contributed by atoms with Crippen LogP contribution in [0.2, 0.25) is 0 Å². The lowest BCUT2D eigenvalue weighted by Gasteiger charge is -2.10. The molecular weight excluding hydrogens is 290 g/mol. The van der Waals surface area contributed by atoms with Gasteiger partial charge in [-0.1, -0.05) is 0 Å². The van der Waals surface area contributed by atoms with Crippen LogP contribution >= 0.6 is 0 Å². The summed E-state index contributed by atoms with van der Waals surface area (Å²) in [6, 6.07) is 6.53. The predicted octanol–water partition coefficient (Wildman–Crippen LogP) is 1.15. The number of aromatic nitrogens is 3. The van der Waals surface area contributed by atoms with E-state index in [2.05, 4.69) is 25.2 Å². The summed E-state index contributed by atoms with van der Waals surface area (Å²) in [5.74, 6) is 0.808. The van der Waals surface area contributed by atoms with Crippen LogP contribution in [0.5, 0.6) is 0 Å². The molecule has 0 spiro atoms. The number of nitrogens with one attached hydrogen (secondary N) is 3. The lowest BCUT2D eigenvalue weighted by molar-refractivity contribution is 0.570. The smallest absolute Gasteiger partial charge is 0.240 e. The van der Waals surface area contributed by atoms with Crippen molar-refractivity contribution in [3.8, 4) is 0 Å². The molecule has 7 nitrogen and oxygen atoms in total. The SMILES string of the molecule is CC(C)NS(=O)(=O)c1ccc(NCCc2ncn[nH]2)cc1. The van der Waals surface area contributed by atoms with Gasteiger partial charge in [-0.2, -0.15) is 5.10 Å². The van der Waals surface area contributed by atoms with Crippen molar-refractivity contribution in [2.45, 2.75) is 31.2 Å². The fourth-order valence-electron chi connectivity index (χ4n) is 1.81. The quantitative estimate of drug-likeness (QED) is 0.712. The van der Waals surface area contributed by atoms with Gasteiger partial charge >= 0.3 is 0 Å². The summed E-state index contributed by atoms with van der Waals surface area (Å²) in [4.78, 5) is 4.29. The van der Waals surface area contributed by atoms with E-state index in [1.807, 2.05) is 0 Å². The Bertz CT molecular complexity index is 650. The van der Waals surface area contributed by atoms with Gasteiger partial charge in [-0.05, 0) is 38.1 Å². The highest BCUT2D eigenvalue weighted by molar-refractivity contribution is 7.89. The molecule has 114 valence electrons. The van der Waals surface area contributed by atoms with Crippen molar-refractivity contribution in [1.82, 2.24) is 19.9 Å². The maximum Gasteiger partial charge on any atom is 0.240 e. The summed E-state index contributed by atoms with van der Waals surface area (Å²) in [7, 11) is -3.43. The minimum atomic E-state index is -3.43. The molecule has 21 heavy (non-hydrogen) atoms. The summed E-state index contributed by atoms with van der Waals surface area (Å²) in [6.45, 7) is 4.26. The van der Waals surface area contributed by atoms with Gasteiger partial charge in [0.15, 0.2) is 0 Å². The molecule has 1 heterocycles. The van der Waals surface area contributed by atoms with Crippen molar-refractivity contribution in [3.05, 3.63) is 36.4 Å². The Kier molecular flexibility index (Phi) is 4.92. The molecule has 2 rings (SSSR count). The molecule has 3 N–H and O–H groups in total. The first kappa shape index (κ1) is 15.5. The highest BCUT2D eigenvalue weighted by atomic mass is 32.2. The van der Waals surface area contributed by atoms with Crippen molar-refractivity contribution in [1.29, 1.82) is 0 Å². The number of nitrogens with zero attached hydrogens (tertiary/aromatic N) is 2. The number of aromatic amines is 1. The van der Waals surface area contributed by atoms with Crippen LogP contribution in [0, 0.1) is 0 Å². The summed E-state index contributed by atoms with van der Waals surface area (Å²) in [5, 5.41) is 9.75. The molecule has 1 aromatic carbocycles. The van der Waals surface area contributed by atoms with Gasteiger partial charge in [0.1, 0.15) is 12.2 Å². The standard InChI is InChI=1S/C13H19N5O2S/c1-10(2)18-21(19,20)12-5-3-11(4-6-12)14-8-7-13-15-9-16-17-13/h3-6,9-10,14,18H,7-8H2,1-2H3,(H,15,16,17). The third-order valence-corrected chi connectivity index (χ3v) is 4.39. The van der Waals surface area contributed by atoms with Crippen LogP contribution in [0.4, 0.5) is 5.69 Å². The first-order valence-corrected chi connectivity index (χ1v) is 8.16. The predicted molar refractivity (Wildman–Crippen MR) is 80.5 cm³/mol. The van der Waals surface area contributed by atoms with Gasteiger partial charge in [0.25, 0.3) is 0 Å². The third-order valence-electron chi connectivity index (χ3n) is 2.71. The van der Waals surface area contributed by atoms with Crippen LogP contribution in [0.25, 0.3) is 0 Å². The molecule has 0 aliphatic rings. The van der Waals surface area contributed by atoms with Gasteiger partial charge in [0, 0.05) is 24.7 Å². The Morgan fingerprint density at radius 3 is 2.52 bits per heavy atom. The first-order chi connectivity index (χ1) is 9.97. The van der Waals surface area contributed by atoms with E-state index in [-0.39, 0.29) is 10.9 Å². The van der Waals surface area contributed by atoms with Gasteiger partial charge in [-0.25, -0.2) is 18.1 Å². The highest BCUT2D eigenvalue weighted by Gasteiger charge is 2.14. The van der Waals surface area contributed by atoms with E-state index < -0.39 is 10.0 Å². The Morgan fingerprint density at radius 2 is 1.95 bits per heavy atom. The van der Waals surface area contributed by atoms with Gasteiger partial charge in [0.2, 0.25) is 10.0 Å². The molecule has 0 radical (unpaired) electrons. The second kappa shape index (κ2) is 6.68. The van der Waals surface area contributed by atoms with E-state index in [1.165, 1.54) is 6.33 Å². The Hall–Kier alpha value is -1.93. The topological polar surface area (TPSA) is 99.8 Å². The van der Waals surface area contributed by atoms with Crippen molar-refractivity contribution in [3.63, 3.8) is 0 Å². The molecule has 0 amide bonds. The van der Waals surface area contributed by atoms with E-state index in [0.29, 0.717) is 6.54 Å². The molecule has 0 aliphatic carbocycles. The number of rotatable bonds is 7. The van der Waals surface area contributed by atoms with Gasteiger partial charge in [-0.3, -0.25) is 5.10 Å². The van der Waals surface area contributed by atoms with Crippen LogP contribution in [0.3, 0.4) is 0 Å². The molecule has 0 saturated carbocycles. The van der Waals surface area contributed by atoms with E-state index in [4.69, 9.17) is 0 Å². The molecule has 0 aliphatic heterocycles. The molecule has 0 atom stereocenters. The van der Waals surface area contributed by atoms with Crippen LogP contribution < -0.4 is 10.0 Å². The number of anilines is 1. The molecule has 8 heteroatoms. The molecule has 0 bridgehead atoms. The fourth-order valence-corrected chi connectivity index (χ4v) is 3.06. The summed E-state index contributed by atoms with van der Waals surface area (Å²) in [6.07, 6.45) is 2.19. The minimum Gasteiger partial charge on any atom is -0.385 e. The average molecular weight is 309 g/mol. The van der Waals surface area contributed by atoms with Crippen molar-refractivity contribution >= 4 is 15.7 Å².